The molecule has 0 bridgehead atoms. The Bertz CT molecular complexity index is 585. The van der Waals surface area contributed by atoms with Gasteiger partial charge in [-0.05, 0) is 35.8 Å². The number of rotatable bonds is 3. The van der Waals surface area contributed by atoms with Gasteiger partial charge in [-0.25, -0.2) is 0 Å². The Kier molecular flexibility index (Phi) is 3.43. The van der Waals surface area contributed by atoms with Crippen molar-refractivity contribution < 1.29 is 9.59 Å². The number of hydrogen-bond acceptors (Lipinski definition) is 4. The van der Waals surface area contributed by atoms with E-state index in [-0.39, 0.29) is 11.6 Å². The van der Waals surface area contributed by atoms with Gasteiger partial charge in [0.05, 0.1) is 12.1 Å². The molecule has 0 amide bonds. The standard InChI is InChI=1S/C18H20N2O2/c21-17(15-13-7-3-1-5-11(13)9-19-15)18(22)16-14-8-4-2-6-12(14)10-20-16/h1-4,7-8,11-12,15-16,19-20H,5-6,9-10H2. The predicted octanol–water partition coefficient (Wildman–Crippen LogP) is 1.07. The Morgan fingerprint density at radius 3 is 1.73 bits per heavy atom. The van der Waals surface area contributed by atoms with Gasteiger partial charge in [-0.15, -0.1) is 0 Å². The molecule has 4 rings (SSSR count). The lowest BCUT2D eigenvalue weighted by atomic mass is 9.85. The molecule has 4 aliphatic rings. The van der Waals surface area contributed by atoms with Crippen LogP contribution in [0.25, 0.3) is 0 Å². The molecule has 4 unspecified atom stereocenters. The molecule has 2 saturated heterocycles. The zero-order valence-corrected chi connectivity index (χ0v) is 12.4. The highest BCUT2D eigenvalue weighted by molar-refractivity contribution is 6.42. The molecule has 22 heavy (non-hydrogen) atoms. The van der Waals surface area contributed by atoms with E-state index in [4.69, 9.17) is 0 Å². The summed E-state index contributed by atoms with van der Waals surface area (Å²) in [6.45, 7) is 1.57. The van der Waals surface area contributed by atoms with Crippen LogP contribution in [-0.2, 0) is 9.59 Å². The molecule has 2 aliphatic carbocycles. The third kappa shape index (κ3) is 2.14. The Hall–Kier alpha value is -1.78. The average molecular weight is 296 g/mol. The fourth-order valence-electron chi connectivity index (χ4n) is 3.98. The smallest absolute Gasteiger partial charge is 0.221 e. The Labute approximate surface area is 130 Å². The summed E-state index contributed by atoms with van der Waals surface area (Å²) in [5, 5.41) is 6.47. The zero-order chi connectivity index (χ0) is 15.1. The van der Waals surface area contributed by atoms with Crippen LogP contribution >= 0.6 is 0 Å². The van der Waals surface area contributed by atoms with Crippen LogP contribution in [0.15, 0.2) is 47.6 Å². The minimum absolute atomic E-state index is 0.294. The minimum Gasteiger partial charge on any atom is -0.303 e. The van der Waals surface area contributed by atoms with Gasteiger partial charge in [0.15, 0.2) is 0 Å². The highest BCUT2D eigenvalue weighted by atomic mass is 16.2. The van der Waals surface area contributed by atoms with Gasteiger partial charge < -0.3 is 10.6 Å². The molecule has 2 fully saturated rings. The summed E-state index contributed by atoms with van der Waals surface area (Å²) in [6, 6.07) is -0.855. The van der Waals surface area contributed by atoms with E-state index in [1.807, 2.05) is 24.3 Å². The van der Waals surface area contributed by atoms with E-state index in [1.54, 1.807) is 0 Å². The first-order valence-corrected chi connectivity index (χ1v) is 8.03. The Morgan fingerprint density at radius 1 is 0.818 bits per heavy atom. The van der Waals surface area contributed by atoms with Crippen LogP contribution in [-0.4, -0.2) is 36.7 Å². The maximum absolute atomic E-state index is 12.7. The monoisotopic (exact) mass is 296 g/mol. The van der Waals surface area contributed by atoms with Crippen molar-refractivity contribution in [2.45, 2.75) is 24.9 Å². The van der Waals surface area contributed by atoms with Crippen molar-refractivity contribution in [3.8, 4) is 0 Å². The molecule has 0 spiro atoms. The van der Waals surface area contributed by atoms with Crippen molar-refractivity contribution in [1.29, 1.82) is 0 Å². The van der Waals surface area contributed by atoms with Crippen LogP contribution in [0.4, 0.5) is 0 Å². The summed E-state index contributed by atoms with van der Waals surface area (Å²) in [4.78, 5) is 25.4. The lowest BCUT2D eigenvalue weighted by Gasteiger charge is -2.19. The predicted molar refractivity (Wildman–Crippen MR) is 84.3 cm³/mol. The number of Topliss-reactive ketones (excluding diaryl/α,β-unsaturated/α-hetero) is 2. The van der Waals surface area contributed by atoms with Crippen LogP contribution in [0, 0.1) is 11.8 Å². The Balaban J connectivity index is 1.54. The van der Waals surface area contributed by atoms with E-state index in [2.05, 4.69) is 22.8 Å². The molecule has 0 radical (unpaired) electrons. The number of fused-ring (bicyclic) bond motifs is 2. The molecule has 114 valence electrons. The largest absolute Gasteiger partial charge is 0.303 e. The van der Waals surface area contributed by atoms with E-state index in [0.29, 0.717) is 11.8 Å². The van der Waals surface area contributed by atoms with E-state index in [9.17, 15) is 9.59 Å². The summed E-state index contributed by atoms with van der Waals surface area (Å²) < 4.78 is 0. The molecule has 0 aromatic rings. The summed E-state index contributed by atoms with van der Waals surface area (Å²) in [5.74, 6) is 0.149. The second kappa shape index (κ2) is 5.45. The molecule has 0 aromatic carbocycles. The average Bonchev–Trinajstić information content (AvgIpc) is 3.17. The number of hydrogen-bond donors (Lipinski definition) is 2. The fraction of sp³-hybridized carbons (Fsp3) is 0.444. The molecule has 4 atom stereocenters. The van der Waals surface area contributed by atoms with Crippen LogP contribution in [0.1, 0.15) is 12.8 Å². The molecule has 4 nitrogen and oxygen atoms in total. The molecule has 2 aliphatic heterocycles. The summed E-state index contributed by atoms with van der Waals surface area (Å²) in [7, 11) is 0. The molecular formula is C18H20N2O2. The highest BCUT2D eigenvalue weighted by Gasteiger charge is 2.43. The van der Waals surface area contributed by atoms with Gasteiger partial charge in [0.2, 0.25) is 11.6 Å². The lowest BCUT2D eigenvalue weighted by molar-refractivity contribution is -0.137. The van der Waals surface area contributed by atoms with Crippen molar-refractivity contribution in [3.05, 3.63) is 47.6 Å². The van der Waals surface area contributed by atoms with Crippen LogP contribution in [0.5, 0.6) is 0 Å². The first kappa shape index (κ1) is 13.9. The van der Waals surface area contributed by atoms with Gasteiger partial charge in [-0.3, -0.25) is 9.59 Å². The van der Waals surface area contributed by atoms with Crippen molar-refractivity contribution in [2.75, 3.05) is 13.1 Å². The molecular weight excluding hydrogens is 276 g/mol. The summed E-state index contributed by atoms with van der Waals surface area (Å²) in [6.07, 6.45) is 14.1. The molecule has 0 aromatic heterocycles. The van der Waals surface area contributed by atoms with Gasteiger partial charge in [0, 0.05) is 13.1 Å². The maximum Gasteiger partial charge on any atom is 0.221 e. The van der Waals surface area contributed by atoms with Crippen molar-refractivity contribution >= 4 is 11.6 Å². The van der Waals surface area contributed by atoms with Crippen LogP contribution in [0.2, 0.25) is 0 Å². The number of nitrogens with one attached hydrogen (secondary N) is 2. The maximum atomic E-state index is 12.7. The van der Waals surface area contributed by atoms with E-state index in [0.717, 1.165) is 37.1 Å². The SMILES string of the molecule is O=C(C(=O)C1NCC2CC=CC=C21)C1NCC2CC=CC=C21. The Morgan fingerprint density at radius 2 is 1.27 bits per heavy atom. The lowest BCUT2D eigenvalue weighted by Crippen LogP contribution is -2.45. The first-order valence-electron chi connectivity index (χ1n) is 8.03. The zero-order valence-electron chi connectivity index (χ0n) is 12.4. The van der Waals surface area contributed by atoms with E-state index in [1.165, 1.54) is 0 Å². The molecule has 2 N–H and O–H groups in total. The molecule has 0 saturated carbocycles. The fourth-order valence-corrected chi connectivity index (χ4v) is 3.98. The van der Waals surface area contributed by atoms with Crippen molar-refractivity contribution in [3.63, 3.8) is 0 Å². The van der Waals surface area contributed by atoms with Crippen molar-refractivity contribution in [1.82, 2.24) is 10.6 Å². The number of carbonyl (C=O) groups excluding carboxylic acids is 2. The normalized spacial score (nSPS) is 35.6. The van der Waals surface area contributed by atoms with Gasteiger partial charge >= 0.3 is 0 Å². The molecule has 4 heteroatoms. The number of allylic oxidation sites excluding steroid dienone is 6. The van der Waals surface area contributed by atoms with Crippen molar-refractivity contribution in [2.24, 2.45) is 11.8 Å². The quantitative estimate of drug-likeness (QED) is 0.765. The third-order valence-electron chi connectivity index (χ3n) is 5.20. The first-order chi connectivity index (χ1) is 10.8. The highest BCUT2D eigenvalue weighted by Crippen LogP contribution is 2.31. The van der Waals surface area contributed by atoms with Crippen LogP contribution in [0.3, 0.4) is 0 Å². The van der Waals surface area contributed by atoms with Gasteiger partial charge in [0.25, 0.3) is 0 Å². The second-order valence-corrected chi connectivity index (χ2v) is 6.47. The topological polar surface area (TPSA) is 58.2 Å². The minimum atomic E-state index is -0.428. The summed E-state index contributed by atoms with van der Waals surface area (Å²) in [5.41, 5.74) is 2.15. The summed E-state index contributed by atoms with van der Waals surface area (Å²) >= 11 is 0. The van der Waals surface area contributed by atoms with Gasteiger partial charge in [0.1, 0.15) is 0 Å². The number of carbonyl (C=O) groups is 2. The third-order valence-corrected chi connectivity index (χ3v) is 5.20. The van der Waals surface area contributed by atoms with Gasteiger partial charge in [-0.2, -0.15) is 0 Å². The molecule has 2 heterocycles. The second-order valence-electron chi connectivity index (χ2n) is 6.47. The van der Waals surface area contributed by atoms with E-state index < -0.39 is 12.1 Å². The van der Waals surface area contributed by atoms with E-state index >= 15 is 0 Å². The van der Waals surface area contributed by atoms with Crippen LogP contribution < -0.4 is 10.6 Å². The van der Waals surface area contributed by atoms with Gasteiger partial charge in [-0.1, -0.05) is 36.5 Å². The number of ketones is 2.